The lowest BCUT2D eigenvalue weighted by molar-refractivity contribution is 0.414. The van der Waals surface area contributed by atoms with E-state index < -0.39 is 10.1 Å². The number of hydrogen-bond donors (Lipinski definition) is 0. The van der Waals surface area contributed by atoms with Gasteiger partial charge < -0.3 is 9.29 Å². The number of unbranched alkanes of at least 4 members (excludes halogenated alkanes) is 9. The van der Waals surface area contributed by atoms with Crippen molar-refractivity contribution in [1.82, 2.24) is 0 Å². The van der Waals surface area contributed by atoms with Crippen LogP contribution in [-0.4, -0.2) is 20.1 Å². The molecule has 0 amide bonds. The Morgan fingerprint density at radius 3 is 1.51 bits per heavy atom. The Balaban J connectivity index is 0.000000235. The van der Waals surface area contributed by atoms with E-state index in [2.05, 4.69) is 79.7 Å². The standard InChI is InChI=1S/C19H17OS.C18H30O3S/c1-20-16-12-14-19(15-13-16)21(17-8-4-2-5-9-17)18-10-6-3-7-11-18;1-2-3-4-5-6-7-8-9-10-11-14-17-15-12-13-16-18(17)22(19,20)21/h2-15H,1H3;12-13,15-16H,2-11,14H2,1H3,(H,19,20,21)/q+1;/p-1. The zero-order chi connectivity index (χ0) is 30.8. The zero-order valence-electron chi connectivity index (χ0n) is 25.6. The maximum atomic E-state index is 11.2. The second-order valence-electron chi connectivity index (χ2n) is 10.6. The summed E-state index contributed by atoms with van der Waals surface area (Å²) >= 11 is 0. The third-order valence-electron chi connectivity index (χ3n) is 7.29. The molecule has 4 rings (SSSR count). The summed E-state index contributed by atoms with van der Waals surface area (Å²) < 4.78 is 38.8. The van der Waals surface area contributed by atoms with Crippen LogP contribution >= 0.6 is 0 Å². The van der Waals surface area contributed by atoms with Crippen LogP contribution in [0.4, 0.5) is 0 Å². The van der Waals surface area contributed by atoms with Crippen LogP contribution in [0.25, 0.3) is 0 Å². The number of hydrogen-bond acceptors (Lipinski definition) is 4. The van der Waals surface area contributed by atoms with Gasteiger partial charge in [-0.3, -0.25) is 0 Å². The van der Waals surface area contributed by atoms with Crippen LogP contribution in [0.2, 0.25) is 0 Å². The maximum absolute atomic E-state index is 11.2. The highest BCUT2D eigenvalue weighted by molar-refractivity contribution is 7.97. The van der Waals surface area contributed by atoms with Gasteiger partial charge >= 0.3 is 0 Å². The first-order chi connectivity index (χ1) is 20.9. The molecule has 0 N–H and O–H groups in total. The van der Waals surface area contributed by atoms with E-state index in [-0.39, 0.29) is 15.8 Å². The highest BCUT2D eigenvalue weighted by atomic mass is 32.2. The van der Waals surface area contributed by atoms with E-state index in [1.165, 1.54) is 72.1 Å². The molecule has 4 nitrogen and oxygen atoms in total. The fraction of sp³-hybridized carbons (Fsp3) is 0.351. The van der Waals surface area contributed by atoms with Gasteiger partial charge in [0.1, 0.15) is 15.9 Å². The molecule has 0 saturated carbocycles. The number of benzene rings is 4. The molecule has 0 heterocycles. The first-order valence-electron chi connectivity index (χ1n) is 15.5. The van der Waals surface area contributed by atoms with E-state index in [0.717, 1.165) is 18.6 Å². The van der Waals surface area contributed by atoms with Crippen molar-refractivity contribution in [3.05, 3.63) is 115 Å². The van der Waals surface area contributed by atoms with Gasteiger partial charge in [-0.25, -0.2) is 8.42 Å². The molecule has 230 valence electrons. The van der Waals surface area contributed by atoms with Crippen molar-refractivity contribution >= 4 is 21.0 Å². The highest BCUT2D eigenvalue weighted by Gasteiger charge is 2.28. The molecule has 0 aliphatic rings. The average molecular weight is 619 g/mol. The van der Waals surface area contributed by atoms with Crippen molar-refractivity contribution < 1.29 is 17.7 Å². The van der Waals surface area contributed by atoms with Gasteiger partial charge in [0.15, 0.2) is 14.7 Å². The minimum atomic E-state index is -4.35. The smallest absolute Gasteiger partial charge is 0.166 e. The monoisotopic (exact) mass is 618 g/mol. The van der Waals surface area contributed by atoms with Crippen LogP contribution < -0.4 is 4.74 Å². The Bertz CT molecular complexity index is 1370. The third kappa shape index (κ3) is 12.2. The third-order valence-corrected chi connectivity index (χ3v) is 10.5. The van der Waals surface area contributed by atoms with Gasteiger partial charge in [-0.15, -0.1) is 0 Å². The number of ether oxygens (including phenoxy) is 1. The lowest BCUT2D eigenvalue weighted by Gasteiger charge is -2.12. The van der Waals surface area contributed by atoms with Gasteiger partial charge in [0, 0.05) is 0 Å². The van der Waals surface area contributed by atoms with Crippen molar-refractivity contribution in [1.29, 1.82) is 0 Å². The van der Waals surface area contributed by atoms with Gasteiger partial charge in [0.25, 0.3) is 0 Å². The van der Waals surface area contributed by atoms with Crippen LogP contribution in [0, 0.1) is 0 Å². The molecule has 0 bridgehead atoms. The van der Waals surface area contributed by atoms with Gasteiger partial charge in [-0.1, -0.05) is 119 Å². The summed E-state index contributed by atoms with van der Waals surface area (Å²) in [5.41, 5.74) is 0.664. The summed E-state index contributed by atoms with van der Waals surface area (Å²) in [7, 11) is -2.73. The Hall–Kier alpha value is -3.06. The molecule has 0 atom stereocenters. The fourth-order valence-electron chi connectivity index (χ4n) is 4.99. The van der Waals surface area contributed by atoms with E-state index in [1.807, 2.05) is 12.1 Å². The molecule has 0 spiro atoms. The zero-order valence-corrected chi connectivity index (χ0v) is 27.3. The Labute approximate surface area is 262 Å². The van der Waals surface area contributed by atoms with Crippen molar-refractivity contribution in [2.75, 3.05) is 7.11 Å². The van der Waals surface area contributed by atoms with Crippen LogP contribution in [0.5, 0.6) is 5.75 Å². The SMILES string of the molecule is CCCCCCCCCCCCc1ccccc1S(=O)(=O)[O-].COc1ccc([S+](c2ccccc2)c2ccccc2)cc1. The van der Waals surface area contributed by atoms with E-state index in [1.54, 1.807) is 25.3 Å². The van der Waals surface area contributed by atoms with E-state index in [9.17, 15) is 13.0 Å². The van der Waals surface area contributed by atoms with Gasteiger partial charge in [0.2, 0.25) is 0 Å². The lowest BCUT2D eigenvalue weighted by atomic mass is 10.0. The molecule has 4 aromatic carbocycles. The predicted molar refractivity (Wildman–Crippen MR) is 178 cm³/mol. The maximum Gasteiger partial charge on any atom is 0.166 e. The minimum absolute atomic E-state index is 0.0501. The van der Waals surface area contributed by atoms with Crippen LogP contribution in [0.3, 0.4) is 0 Å². The summed E-state index contributed by atoms with van der Waals surface area (Å²) in [4.78, 5) is 3.90. The average Bonchev–Trinajstić information content (AvgIpc) is 3.03. The molecule has 0 aliphatic carbocycles. The van der Waals surface area contributed by atoms with E-state index in [0.29, 0.717) is 12.0 Å². The Morgan fingerprint density at radius 1 is 0.581 bits per heavy atom. The molecule has 0 saturated heterocycles. The van der Waals surface area contributed by atoms with Gasteiger partial charge in [-0.2, -0.15) is 0 Å². The summed E-state index contributed by atoms with van der Waals surface area (Å²) in [5.74, 6) is 0.892. The number of methoxy groups -OCH3 is 1. The van der Waals surface area contributed by atoms with E-state index in [4.69, 9.17) is 4.74 Å². The van der Waals surface area contributed by atoms with Crippen LogP contribution in [0.1, 0.15) is 76.7 Å². The molecule has 0 aliphatic heterocycles. The quantitative estimate of drug-likeness (QED) is 0.0712. The normalized spacial score (nSPS) is 11.2. The van der Waals surface area contributed by atoms with Crippen molar-refractivity contribution in [3.8, 4) is 5.75 Å². The molecular weight excluding hydrogens is 573 g/mol. The van der Waals surface area contributed by atoms with Crippen LogP contribution in [0.15, 0.2) is 129 Å². The fourth-order valence-corrected chi connectivity index (χ4v) is 7.81. The molecular formula is C37H46O4S2. The molecule has 0 radical (unpaired) electrons. The van der Waals surface area contributed by atoms with Crippen molar-refractivity contribution in [2.24, 2.45) is 0 Å². The number of rotatable bonds is 16. The van der Waals surface area contributed by atoms with Gasteiger partial charge in [-0.05, 0) is 73.0 Å². The minimum Gasteiger partial charge on any atom is -0.744 e. The largest absolute Gasteiger partial charge is 0.744 e. The van der Waals surface area contributed by atoms with E-state index >= 15 is 0 Å². The molecule has 0 aromatic heterocycles. The molecule has 0 unspecified atom stereocenters. The summed E-state index contributed by atoms with van der Waals surface area (Å²) in [6.07, 6.45) is 13.2. The molecule has 0 fully saturated rings. The first kappa shape index (κ1) is 34.4. The molecule has 4 aromatic rings. The van der Waals surface area contributed by atoms with Gasteiger partial charge in [0.05, 0.1) is 22.9 Å². The predicted octanol–water partition coefficient (Wildman–Crippen LogP) is 9.84. The first-order valence-corrected chi connectivity index (χ1v) is 18.1. The molecule has 43 heavy (non-hydrogen) atoms. The highest BCUT2D eigenvalue weighted by Crippen LogP contribution is 2.31. The van der Waals surface area contributed by atoms with Crippen molar-refractivity contribution in [2.45, 2.75) is 97.1 Å². The van der Waals surface area contributed by atoms with Crippen LogP contribution in [-0.2, 0) is 27.4 Å². The summed E-state index contributed by atoms with van der Waals surface area (Å²) in [5, 5.41) is 0. The Kier molecular flexibility index (Phi) is 15.4. The summed E-state index contributed by atoms with van der Waals surface area (Å²) in [6.45, 7) is 2.23. The second-order valence-corrected chi connectivity index (χ2v) is 14.0. The molecule has 6 heteroatoms. The summed E-state index contributed by atoms with van der Waals surface area (Å²) in [6, 6.07) is 36.2. The van der Waals surface area contributed by atoms with Crippen molar-refractivity contribution in [3.63, 3.8) is 0 Å². The topological polar surface area (TPSA) is 66.4 Å². The Morgan fingerprint density at radius 2 is 1.02 bits per heavy atom. The number of aryl methyl sites for hydroxylation is 1. The lowest BCUT2D eigenvalue weighted by Crippen LogP contribution is -2.04. The second kappa shape index (κ2) is 19.3.